The maximum Gasteiger partial charge on any atom is 0.232 e. The van der Waals surface area contributed by atoms with E-state index >= 15 is 0 Å². The highest BCUT2D eigenvalue weighted by atomic mass is 32.2. The van der Waals surface area contributed by atoms with E-state index < -0.39 is 0 Å². The van der Waals surface area contributed by atoms with E-state index in [-0.39, 0.29) is 18.4 Å². The summed E-state index contributed by atoms with van der Waals surface area (Å²) in [6.45, 7) is 4.09. The predicted octanol–water partition coefficient (Wildman–Crippen LogP) is 3.81. The highest BCUT2D eigenvalue weighted by Gasteiger charge is 2.20. The van der Waals surface area contributed by atoms with E-state index in [1.807, 2.05) is 26.0 Å². The smallest absolute Gasteiger partial charge is 0.232 e. The van der Waals surface area contributed by atoms with Gasteiger partial charge in [-0.15, -0.1) is 10.2 Å². The lowest BCUT2D eigenvalue weighted by Crippen LogP contribution is -2.14. The summed E-state index contributed by atoms with van der Waals surface area (Å²) in [5.41, 5.74) is 2.66. The number of hydrogen-bond acceptors (Lipinski definition) is 8. The first kappa shape index (κ1) is 18.0. The number of rotatable bonds is 6. The van der Waals surface area contributed by atoms with Crippen molar-refractivity contribution < 1.29 is 14.1 Å². The molecular weight excluding hydrogens is 384 g/mol. The van der Waals surface area contributed by atoms with Crippen molar-refractivity contribution >= 4 is 34.1 Å². The second-order valence-electron chi connectivity index (χ2n) is 6.17. The van der Waals surface area contributed by atoms with E-state index in [1.165, 1.54) is 11.3 Å². The lowest BCUT2D eigenvalue weighted by atomic mass is 10.1. The van der Waals surface area contributed by atoms with Gasteiger partial charge in [0.05, 0.1) is 12.1 Å². The number of nitrogens with zero attached hydrogens (tertiary/aromatic N) is 3. The molecule has 4 rings (SSSR count). The van der Waals surface area contributed by atoms with E-state index in [4.69, 9.17) is 9.26 Å². The van der Waals surface area contributed by atoms with E-state index in [0.717, 1.165) is 33.4 Å². The van der Waals surface area contributed by atoms with Crippen LogP contribution in [0.2, 0.25) is 0 Å². The fraction of sp³-hybridized carbons (Fsp3) is 0.333. The van der Waals surface area contributed by atoms with Crippen molar-refractivity contribution in [3.05, 3.63) is 35.5 Å². The predicted molar refractivity (Wildman–Crippen MR) is 104 cm³/mol. The van der Waals surface area contributed by atoms with Gasteiger partial charge in [-0.05, 0) is 36.4 Å². The van der Waals surface area contributed by atoms with Gasteiger partial charge in [-0.1, -0.05) is 35.2 Å². The number of thioether (sulfide) groups is 1. The van der Waals surface area contributed by atoms with Crippen LogP contribution < -0.4 is 10.1 Å². The Balaban J connectivity index is 1.40. The number of hydrogen-bond donors (Lipinski definition) is 1. The van der Waals surface area contributed by atoms with Crippen LogP contribution >= 0.6 is 23.1 Å². The summed E-state index contributed by atoms with van der Waals surface area (Å²) in [7, 11) is 0. The normalized spacial score (nSPS) is 15.4. The van der Waals surface area contributed by atoms with Gasteiger partial charge < -0.3 is 14.6 Å². The first-order valence-electron chi connectivity index (χ1n) is 8.62. The average Bonchev–Trinajstić information content (AvgIpc) is 3.34. The van der Waals surface area contributed by atoms with Crippen LogP contribution in [0.15, 0.2) is 33.1 Å². The molecule has 3 heterocycles. The van der Waals surface area contributed by atoms with E-state index in [0.29, 0.717) is 16.6 Å². The molecule has 3 aromatic rings. The molecule has 1 N–H and O–H groups in total. The minimum atomic E-state index is -0.199. The van der Waals surface area contributed by atoms with Crippen molar-refractivity contribution in [2.24, 2.45) is 0 Å². The quantitative estimate of drug-likeness (QED) is 0.495. The number of anilines is 1. The maximum absolute atomic E-state index is 12.2. The Morgan fingerprint density at radius 1 is 1.37 bits per heavy atom. The Kier molecular flexibility index (Phi) is 5.13. The van der Waals surface area contributed by atoms with Crippen molar-refractivity contribution in [3.8, 4) is 17.1 Å². The molecule has 9 heteroatoms. The van der Waals surface area contributed by atoms with Gasteiger partial charge in [0.1, 0.15) is 11.9 Å². The van der Waals surface area contributed by atoms with E-state index in [1.54, 1.807) is 17.8 Å². The molecule has 0 spiro atoms. The van der Waals surface area contributed by atoms with Crippen LogP contribution in [0.1, 0.15) is 25.1 Å². The summed E-state index contributed by atoms with van der Waals surface area (Å²) in [6.07, 6.45) is 1.19. The maximum atomic E-state index is 12.2. The SMILES string of the molecule is CCSc1nnc(NC(=O)Cc2cc(-c3ccc4c(c3)C[C@@H](C)O4)on2)s1. The average molecular weight is 403 g/mol. The van der Waals surface area contributed by atoms with Crippen molar-refractivity contribution in [1.82, 2.24) is 15.4 Å². The van der Waals surface area contributed by atoms with Crippen molar-refractivity contribution in [2.45, 2.75) is 37.1 Å². The monoisotopic (exact) mass is 402 g/mol. The Morgan fingerprint density at radius 2 is 2.26 bits per heavy atom. The molecule has 140 valence electrons. The molecule has 7 nitrogen and oxygen atoms in total. The Hall–Kier alpha value is -2.39. The third kappa shape index (κ3) is 4.14. The molecule has 1 atom stereocenters. The van der Waals surface area contributed by atoms with Crippen LogP contribution in [-0.4, -0.2) is 33.1 Å². The van der Waals surface area contributed by atoms with Crippen molar-refractivity contribution in [2.75, 3.05) is 11.1 Å². The molecule has 27 heavy (non-hydrogen) atoms. The molecule has 1 aliphatic heterocycles. The van der Waals surface area contributed by atoms with Crippen LogP contribution in [0.3, 0.4) is 0 Å². The molecule has 1 amide bonds. The van der Waals surface area contributed by atoms with Gasteiger partial charge in [-0.2, -0.15) is 0 Å². The van der Waals surface area contributed by atoms with Crippen LogP contribution in [0.25, 0.3) is 11.3 Å². The van der Waals surface area contributed by atoms with Crippen LogP contribution in [-0.2, 0) is 17.6 Å². The minimum absolute atomic E-state index is 0.115. The standard InChI is InChI=1S/C18H18N4O3S2/c1-3-26-18-21-20-17(27-18)19-16(23)9-13-8-15(25-22-13)11-4-5-14-12(7-11)6-10(2)24-14/h4-5,7-8,10H,3,6,9H2,1-2H3,(H,19,20,23)/t10-/m1/s1. The molecule has 0 bridgehead atoms. The summed E-state index contributed by atoms with van der Waals surface area (Å²) in [6, 6.07) is 7.73. The number of nitrogens with one attached hydrogen (secondary N) is 1. The zero-order valence-electron chi connectivity index (χ0n) is 14.9. The van der Waals surface area contributed by atoms with Crippen molar-refractivity contribution in [1.29, 1.82) is 0 Å². The Labute approximate surface area is 164 Å². The number of benzene rings is 1. The van der Waals surface area contributed by atoms with Crippen LogP contribution in [0.5, 0.6) is 5.75 Å². The van der Waals surface area contributed by atoms with E-state index in [2.05, 4.69) is 26.7 Å². The first-order valence-corrected chi connectivity index (χ1v) is 10.4. The highest BCUT2D eigenvalue weighted by Crippen LogP contribution is 2.33. The van der Waals surface area contributed by atoms with E-state index in [9.17, 15) is 4.79 Å². The summed E-state index contributed by atoms with van der Waals surface area (Å²) < 4.78 is 12.0. The van der Waals surface area contributed by atoms with Gasteiger partial charge in [0.2, 0.25) is 11.0 Å². The molecule has 1 aliphatic rings. The molecule has 0 unspecified atom stereocenters. The highest BCUT2D eigenvalue weighted by molar-refractivity contribution is 8.01. The summed E-state index contributed by atoms with van der Waals surface area (Å²) in [4.78, 5) is 12.2. The van der Waals surface area contributed by atoms with Gasteiger partial charge >= 0.3 is 0 Å². The molecule has 0 aliphatic carbocycles. The van der Waals surface area contributed by atoms with Gasteiger partial charge in [0, 0.05) is 18.1 Å². The zero-order valence-corrected chi connectivity index (χ0v) is 16.5. The third-order valence-electron chi connectivity index (χ3n) is 4.00. The molecule has 0 saturated heterocycles. The number of ether oxygens (including phenoxy) is 1. The zero-order chi connectivity index (χ0) is 18.8. The molecule has 1 aromatic carbocycles. The fourth-order valence-corrected chi connectivity index (χ4v) is 4.54. The number of carbonyl (C=O) groups is 1. The summed E-state index contributed by atoms with van der Waals surface area (Å²) >= 11 is 2.96. The molecular formula is C18H18N4O3S2. The number of carbonyl (C=O) groups excluding carboxylic acids is 1. The summed E-state index contributed by atoms with van der Waals surface area (Å²) in [5, 5.41) is 15.2. The van der Waals surface area contributed by atoms with Gasteiger partial charge in [0.25, 0.3) is 0 Å². The Morgan fingerprint density at radius 3 is 3.11 bits per heavy atom. The largest absolute Gasteiger partial charge is 0.490 e. The van der Waals surface area contributed by atoms with Gasteiger partial charge in [-0.25, -0.2) is 0 Å². The number of aromatic nitrogens is 3. The first-order chi connectivity index (χ1) is 13.1. The second kappa shape index (κ2) is 7.69. The molecule has 0 radical (unpaired) electrons. The van der Waals surface area contributed by atoms with Crippen LogP contribution in [0, 0.1) is 0 Å². The lowest BCUT2D eigenvalue weighted by molar-refractivity contribution is -0.115. The molecule has 0 saturated carbocycles. The molecule has 2 aromatic heterocycles. The number of fused-ring (bicyclic) bond motifs is 1. The fourth-order valence-electron chi connectivity index (χ4n) is 2.88. The lowest BCUT2D eigenvalue weighted by Gasteiger charge is -2.02. The van der Waals surface area contributed by atoms with Crippen molar-refractivity contribution in [3.63, 3.8) is 0 Å². The third-order valence-corrected chi connectivity index (χ3v) is 5.86. The second-order valence-corrected chi connectivity index (χ2v) is 8.66. The summed E-state index contributed by atoms with van der Waals surface area (Å²) in [5.74, 6) is 2.27. The molecule has 0 fully saturated rings. The number of amides is 1. The topological polar surface area (TPSA) is 90.1 Å². The van der Waals surface area contributed by atoms with Crippen LogP contribution in [0.4, 0.5) is 5.13 Å². The van der Waals surface area contributed by atoms with Gasteiger partial charge in [-0.3, -0.25) is 4.79 Å². The minimum Gasteiger partial charge on any atom is -0.490 e. The van der Waals surface area contributed by atoms with Gasteiger partial charge in [0.15, 0.2) is 10.1 Å². The Bertz CT molecular complexity index is 969.